The summed E-state index contributed by atoms with van der Waals surface area (Å²) in [6.45, 7) is 4.09. The minimum atomic E-state index is -2.39. The number of hydrogen-bond acceptors (Lipinski definition) is 3. The van der Waals surface area contributed by atoms with E-state index in [0.29, 0.717) is 30.6 Å². The van der Waals surface area contributed by atoms with Crippen LogP contribution in [0.1, 0.15) is 42.2 Å². The summed E-state index contributed by atoms with van der Waals surface area (Å²) in [6.07, 6.45) is 2.35. The van der Waals surface area contributed by atoms with E-state index in [9.17, 15) is 9.59 Å². The van der Waals surface area contributed by atoms with Gasteiger partial charge in [-0.1, -0.05) is 18.2 Å². The van der Waals surface area contributed by atoms with Crippen LogP contribution in [0.4, 0.5) is 0 Å². The third-order valence-corrected chi connectivity index (χ3v) is 5.76. The van der Waals surface area contributed by atoms with Gasteiger partial charge in [0.25, 0.3) is 0 Å². The summed E-state index contributed by atoms with van der Waals surface area (Å²) < 4.78 is 34.4. The first kappa shape index (κ1) is 13.7. The van der Waals surface area contributed by atoms with E-state index in [1.54, 1.807) is 4.90 Å². The molecule has 1 aromatic heterocycles. The van der Waals surface area contributed by atoms with Crippen LogP contribution in [0, 0.1) is 5.92 Å². The van der Waals surface area contributed by atoms with Crippen LogP contribution >= 0.6 is 0 Å². The van der Waals surface area contributed by atoms with E-state index in [0.717, 1.165) is 16.5 Å². The Morgan fingerprint density at radius 3 is 2.78 bits per heavy atom. The Labute approximate surface area is 165 Å². The highest BCUT2D eigenvalue weighted by molar-refractivity contribution is 6.03. The van der Waals surface area contributed by atoms with Gasteiger partial charge in [0.05, 0.1) is 12.8 Å². The van der Waals surface area contributed by atoms with Crippen molar-refractivity contribution in [3.05, 3.63) is 41.6 Å². The van der Waals surface area contributed by atoms with E-state index < -0.39 is 18.9 Å². The Kier molecular flexibility index (Phi) is 3.38. The van der Waals surface area contributed by atoms with E-state index in [1.165, 1.54) is 16.4 Å². The quantitative estimate of drug-likeness (QED) is 0.835. The fraction of sp³-hybridized carbons (Fsp3) is 0.455. The van der Waals surface area contributed by atoms with Gasteiger partial charge in [-0.05, 0) is 50.0 Å². The first-order valence-electron chi connectivity index (χ1n) is 11.5. The molecule has 2 aliphatic rings. The first-order valence-corrected chi connectivity index (χ1v) is 9.51. The lowest BCUT2D eigenvalue weighted by molar-refractivity contribution is -0.134. The predicted molar refractivity (Wildman–Crippen MR) is 108 cm³/mol. The number of amides is 1. The standard InChI is InChI=1S/C22H27N3O2/c1-5-24(6-2)22(27)16-10-18-17-8-7-9-19-21(17)15(13-25(19)14(3)26)11-20(18)23(4)12-16/h7-10,13,16,20H,5-6,11-12H2,1-4H3/t16-,20-/m1/s1/i4D3,13D. The molecule has 0 spiro atoms. The van der Waals surface area contributed by atoms with Crippen LogP contribution in [0.3, 0.4) is 0 Å². The Morgan fingerprint density at radius 2 is 2.11 bits per heavy atom. The summed E-state index contributed by atoms with van der Waals surface area (Å²) in [4.78, 5) is 28.5. The van der Waals surface area contributed by atoms with Crippen LogP contribution in [0.15, 0.2) is 30.4 Å². The number of aromatic nitrogens is 1. The van der Waals surface area contributed by atoms with Crippen molar-refractivity contribution in [1.82, 2.24) is 14.4 Å². The van der Waals surface area contributed by atoms with Gasteiger partial charge < -0.3 is 4.90 Å². The fourth-order valence-corrected chi connectivity index (χ4v) is 4.42. The molecule has 142 valence electrons. The lowest BCUT2D eigenvalue weighted by atomic mass is 9.79. The summed E-state index contributed by atoms with van der Waals surface area (Å²) in [5.41, 5.74) is 2.95. The molecular formula is C22H27N3O2. The van der Waals surface area contributed by atoms with Crippen molar-refractivity contribution in [2.75, 3.05) is 26.6 Å². The Balaban J connectivity index is 1.94. The summed E-state index contributed by atoms with van der Waals surface area (Å²) in [5.74, 6) is -0.890. The molecule has 5 heteroatoms. The molecule has 0 N–H and O–H groups in total. The monoisotopic (exact) mass is 369 g/mol. The zero-order chi connectivity index (χ0) is 22.7. The average molecular weight is 370 g/mol. The maximum absolute atomic E-state index is 13.1. The van der Waals surface area contributed by atoms with Crippen LogP contribution in [0.5, 0.6) is 0 Å². The molecule has 0 fully saturated rings. The van der Waals surface area contributed by atoms with Crippen molar-refractivity contribution in [3.63, 3.8) is 0 Å². The highest BCUT2D eigenvalue weighted by atomic mass is 16.2. The van der Waals surface area contributed by atoms with E-state index >= 15 is 0 Å². The van der Waals surface area contributed by atoms with Gasteiger partial charge in [0.15, 0.2) is 0 Å². The van der Waals surface area contributed by atoms with E-state index in [1.807, 2.05) is 38.1 Å². The fourth-order valence-electron chi connectivity index (χ4n) is 4.42. The molecule has 1 amide bonds. The van der Waals surface area contributed by atoms with Crippen LogP contribution in [0.25, 0.3) is 16.5 Å². The molecule has 2 atom stereocenters. The minimum Gasteiger partial charge on any atom is -0.343 e. The number of hydrogen-bond donors (Lipinski definition) is 0. The first-order chi connectivity index (χ1) is 14.6. The summed E-state index contributed by atoms with van der Waals surface area (Å²) in [5, 5.41) is 0.812. The third kappa shape index (κ3) is 2.72. The van der Waals surface area contributed by atoms with Crippen molar-refractivity contribution in [2.45, 2.75) is 33.2 Å². The molecule has 0 radical (unpaired) electrons. The van der Waals surface area contributed by atoms with E-state index in [2.05, 4.69) is 0 Å². The van der Waals surface area contributed by atoms with E-state index in [-0.39, 0.29) is 24.5 Å². The number of benzene rings is 1. The zero-order valence-corrected chi connectivity index (χ0v) is 16.0. The Morgan fingerprint density at radius 1 is 1.33 bits per heavy atom. The van der Waals surface area contributed by atoms with Gasteiger partial charge in [0.1, 0.15) is 0 Å². The lowest BCUT2D eigenvalue weighted by Gasteiger charge is -2.40. The van der Waals surface area contributed by atoms with Crippen LogP contribution in [0.2, 0.25) is 0 Å². The molecular weight excluding hydrogens is 338 g/mol. The van der Waals surface area contributed by atoms with Crippen LogP contribution in [-0.4, -0.2) is 58.8 Å². The normalized spacial score (nSPS) is 24.3. The van der Waals surface area contributed by atoms with Gasteiger partial charge in [-0.2, -0.15) is 0 Å². The second-order valence-corrected chi connectivity index (χ2v) is 7.26. The maximum atomic E-state index is 13.1. The Hall–Kier alpha value is -2.40. The zero-order valence-electron chi connectivity index (χ0n) is 20.0. The number of rotatable bonds is 3. The molecule has 0 unspecified atom stereocenters. The predicted octanol–water partition coefficient (Wildman–Crippen LogP) is 3.04. The van der Waals surface area contributed by atoms with Gasteiger partial charge in [-0.3, -0.25) is 19.1 Å². The van der Waals surface area contributed by atoms with Gasteiger partial charge in [-0.25, -0.2) is 0 Å². The number of likely N-dealkylation sites (N-methyl/N-ethyl adjacent to an activating group) is 1. The van der Waals surface area contributed by atoms with Crippen molar-refractivity contribution in [1.29, 1.82) is 0 Å². The Bertz CT molecular complexity index is 1100. The molecule has 5 nitrogen and oxygen atoms in total. The summed E-state index contributed by atoms with van der Waals surface area (Å²) >= 11 is 0. The van der Waals surface area contributed by atoms with Gasteiger partial charge in [0, 0.05) is 48.3 Å². The average Bonchev–Trinajstić information content (AvgIpc) is 3.00. The van der Waals surface area contributed by atoms with E-state index in [4.69, 9.17) is 5.48 Å². The number of nitrogens with zero attached hydrogens (tertiary/aromatic N) is 3. The molecule has 0 saturated heterocycles. The van der Waals surface area contributed by atoms with Gasteiger partial charge >= 0.3 is 0 Å². The molecule has 27 heavy (non-hydrogen) atoms. The molecule has 0 saturated carbocycles. The van der Waals surface area contributed by atoms with Crippen LogP contribution in [-0.2, 0) is 11.2 Å². The minimum absolute atomic E-state index is 0.0781. The van der Waals surface area contributed by atoms with Crippen molar-refractivity contribution < 1.29 is 15.1 Å². The maximum Gasteiger partial charge on any atom is 0.230 e. The molecule has 2 aromatic rings. The third-order valence-electron chi connectivity index (χ3n) is 5.76. The lowest BCUT2D eigenvalue weighted by Crippen LogP contribution is -2.47. The summed E-state index contributed by atoms with van der Waals surface area (Å²) in [6, 6.07) is 5.05. The SMILES string of the molecule is [2H]c1c2c3c(cccc3n1C(C)=O)C1=C[C@@H](C(=O)N(CC)CC)CN(C([2H])([2H])[2H])[C@@H]1C2. The largest absolute Gasteiger partial charge is 0.343 e. The van der Waals surface area contributed by atoms with Crippen molar-refractivity contribution in [2.24, 2.45) is 5.92 Å². The smallest absolute Gasteiger partial charge is 0.230 e. The molecule has 2 heterocycles. The highest BCUT2D eigenvalue weighted by Crippen LogP contribution is 2.41. The molecule has 1 aliphatic carbocycles. The number of carbonyl (C=O) groups excluding carboxylic acids is 2. The number of carbonyl (C=O) groups is 2. The van der Waals surface area contributed by atoms with Crippen molar-refractivity contribution in [3.8, 4) is 0 Å². The van der Waals surface area contributed by atoms with Gasteiger partial charge in [-0.15, -0.1) is 0 Å². The molecule has 0 bridgehead atoms. The second kappa shape index (κ2) is 6.64. The molecule has 1 aromatic carbocycles. The van der Waals surface area contributed by atoms with Gasteiger partial charge in [0.2, 0.25) is 11.8 Å². The van der Waals surface area contributed by atoms with Crippen molar-refractivity contribution >= 4 is 28.3 Å². The molecule has 4 rings (SSSR count). The topological polar surface area (TPSA) is 45.6 Å². The van der Waals surface area contributed by atoms with Crippen LogP contribution < -0.4 is 0 Å². The molecule has 1 aliphatic heterocycles. The number of fused-ring (bicyclic) bond motifs is 2. The highest BCUT2D eigenvalue weighted by Gasteiger charge is 2.37. The summed E-state index contributed by atoms with van der Waals surface area (Å²) in [7, 11) is 0. The second-order valence-electron chi connectivity index (χ2n) is 7.26.